The molecule has 0 saturated carbocycles. The lowest BCUT2D eigenvalue weighted by atomic mass is 9.93. The topological polar surface area (TPSA) is 29.1 Å². The summed E-state index contributed by atoms with van der Waals surface area (Å²) in [6.45, 7) is 2.20. The molecule has 94 valence electrons. The summed E-state index contributed by atoms with van der Waals surface area (Å²) in [5.74, 6) is 0.0375. The van der Waals surface area contributed by atoms with Gasteiger partial charge in [0, 0.05) is 18.7 Å². The Morgan fingerprint density at radius 1 is 1.24 bits per heavy atom. The summed E-state index contributed by atoms with van der Waals surface area (Å²) in [6.07, 6.45) is 6.90. The van der Waals surface area contributed by atoms with Gasteiger partial charge in [-0.1, -0.05) is 50.8 Å². The van der Waals surface area contributed by atoms with Crippen molar-refractivity contribution in [1.82, 2.24) is 0 Å². The average Bonchev–Trinajstić information content (AvgIpc) is 2.39. The molecule has 0 fully saturated rings. The lowest BCUT2D eigenvalue weighted by molar-refractivity contribution is -0.109. The fourth-order valence-corrected chi connectivity index (χ4v) is 2.14. The molecule has 0 aliphatic carbocycles. The zero-order valence-electron chi connectivity index (χ0n) is 10.9. The summed E-state index contributed by atoms with van der Waals surface area (Å²) in [5.41, 5.74) is 2.20. The molecule has 0 spiro atoms. The second-order valence-electron chi connectivity index (χ2n) is 4.43. The molecule has 0 radical (unpaired) electrons. The van der Waals surface area contributed by atoms with Crippen LogP contribution in [0.25, 0.3) is 0 Å². The Morgan fingerprint density at radius 3 is 2.65 bits per heavy atom. The number of nitrogens with one attached hydrogen (secondary N) is 1. The maximum atomic E-state index is 11.2. The van der Waals surface area contributed by atoms with Crippen molar-refractivity contribution in [2.45, 2.75) is 44.9 Å². The summed E-state index contributed by atoms with van der Waals surface area (Å²) in [4.78, 5) is 11.2. The van der Waals surface area contributed by atoms with Gasteiger partial charge in [-0.25, -0.2) is 0 Å². The zero-order chi connectivity index (χ0) is 12.5. The SMILES string of the molecule is CCCCCCC(C=O)c1ccccc1NC. The normalized spacial score (nSPS) is 12.1. The second-order valence-corrected chi connectivity index (χ2v) is 4.43. The smallest absolute Gasteiger partial charge is 0.127 e. The fourth-order valence-electron chi connectivity index (χ4n) is 2.14. The molecule has 0 saturated heterocycles. The summed E-state index contributed by atoms with van der Waals surface area (Å²) < 4.78 is 0. The van der Waals surface area contributed by atoms with Crippen molar-refractivity contribution in [1.29, 1.82) is 0 Å². The predicted molar refractivity (Wildman–Crippen MR) is 73.6 cm³/mol. The van der Waals surface area contributed by atoms with Crippen LogP contribution in [0.3, 0.4) is 0 Å². The van der Waals surface area contributed by atoms with Gasteiger partial charge in [0.2, 0.25) is 0 Å². The lowest BCUT2D eigenvalue weighted by Gasteiger charge is -2.15. The summed E-state index contributed by atoms with van der Waals surface area (Å²) >= 11 is 0. The Hall–Kier alpha value is -1.31. The molecule has 2 heteroatoms. The van der Waals surface area contributed by atoms with E-state index in [9.17, 15) is 4.79 Å². The van der Waals surface area contributed by atoms with E-state index in [1.54, 1.807) is 0 Å². The predicted octanol–water partition coefficient (Wildman–Crippen LogP) is 3.98. The number of aldehydes is 1. The number of carbonyl (C=O) groups is 1. The van der Waals surface area contributed by atoms with Gasteiger partial charge >= 0.3 is 0 Å². The molecule has 1 N–H and O–H groups in total. The molecular weight excluding hydrogens is 210 g/mol. The van der Waals surface area contributed by atoms with Crippen LogP contribution in [0.4, 0.5) is 5.69 Å². The van der Waals surface area contributed by atoms with Gasteiger partial charge in [-0.2, -0.15) is 0 Å². The number of anilines is 1. The number of benzene rings is 1. The molecule has 1 unspecified atom stereocenters. The van der Waals surface area contributed by atoms with Crippen LogP contribution < -0.4 is 5.32 Å². The van der Waals surface area contributed by atoms with Gasteiger partial charge in [0.1, 0.15) is 6.29 Å². The van der Waals surface area contributed by atoms with Crippen LogP contribution in [-0.4, -0.2) is 13.3 Å². The minimum atomic E-state index is 0.0375. The number of unbranched alkanes of at least 4 members (excludes halogenated alkanes) is 3. The van der Waals surface area contributed by atoms with Crippen LogP contribution in [0.15, 0.2) is 24.3 Å². The molecule has 0 aliphatic heterocycles. The van der Waals surface area contributed by atoms with Gasteiger partial charge in [0.25, 0.3) is 0 Å². The Bertz CT molecular complexity index is 335. The molecule has 0 aromatic heterocycles. The number of hydrogen-bond acceptors (Lipinski definition) is 2. The molecule has 0 bridgehead atoms. The standard InChI is InChI=1S/C15H23NO/c1-3-4-5-6-9-13(12-17)14-10-7-8-11-15(14)16-2/h7-8,10-13,16H,3-6,9H2,1-2H3. The van der Waals surface area contributed by atoms with E-state index in [1.807, 2.05) is 31.3 Å². The third-order valence-corrected chi connectivity index (χ3v) is 3.16. The molecule has 0 heterocycles. The van der Waals surface area contributed by atoms with Crippen LogP contribution in [0, 0.1) is 0 Å². The molecule has 1 aromatic rings. The van der Waals surface area contributed by atoms with Crippen LogP contribution in [0.1, 0.15) is 50.5 Å². The van der Waals surface area contributed by atoms with Gasteiger partial charge < -0.3 is 10.1 Å². The van der Waals surface area contributed by atoms with Crippen LogP contribution in [0.2, 0.25) is 0 Å². The zero-order valence-corrected chi connectivity index (χ0v) is 10.9. The quantitative estimate of drug-likeness (QED) is 0.543. The maximum Gasteiger partial charge on any atom is 0.127 e. The number of hydrogen-bond donors (Lipinski definition) is 1. The molecule has 0 aliphatic rings. The maximum absolute atomic E-state index is 11.2. The first-order chi connectivity index (χ1) is 8.33. The minimum Gasteiger partial charge on any atom is -0.388 e. The molecule has 1 aromatic carbocycles. The van der Waals surface area contributed by atoms with Crippen LogP contribution in [0.5, 0.6) is 0 Å². The first kappa shape index (κ1) is 13.8. The summed E-state index contributed by atoms with van der Waals surface area (Å²) in [5, 5.41) is 3.15. The van der Waals surface area contributed by atoms with Crippen LogP contribution in [-0.2, 0) is 4.79 Å². The molecule has 1 rings (SSSR count). The summed E-state index contributed by atoms with van der Waals surface area (Å²) in [7, 11) is 1.90. The van der Waals surface area contributed by atoms with Crippen molar-refractivity contribution < 1.29 is 4.79 Å². The van der Waals surface area contributed by atoms with E-state index in [4.69, 9.17) is 0 Å². The monoisotopic (exact) mass is 233 g/mol. The van der Waals surface area contributed by atoms with Crippen LogP contribution >= 0.6 is 0 Å². The van der Waals surface area contributed by atoms with E-state index in [2.05, 4.69) is 12.2 Å². The first-order valence-corrected chi connectivity index (χ1v) is 6.55. The van der Waals surface area contributed by atoms with Gasteiger partial charge in [-0.3, -0.25) is 0 Å². The molecule has 0 amide bonds. The lowest BCUT2D eigenvalue weighted by Crippen LogP contribution is -2.04. The van der Waals surface area contributed by atoms with E-state index in [0.717, 1.165) is 30.4 Å². The van der Waals surface area contributed by atoms with Crippen molar-refractivity contribution in [3.8, 4) is 0 Å². The second kappa shape index (κ2) is 7.88. The average molecular weight is 233 g/mol. The van der Waals surface area contributed by atoms with Gasteiger partial charge in [-0.15, -0.1) is 0 Å². The highest BCUT2D eigenvalue weighted by molar-refractivity contribution is 5.68. The Morgan fingerprint density at radius 2 is 2.00 bits per heavy atom. The molecule has 1 atom stereocenters. The third kappa shape index (κ3) is 4.22. The minimum absolute atomic E-state index is 0.0375. The van der Waals surface area contributed by atoms with E-state index in [-0.39, 0.29) is 5.92 Å². The Labute approximate surface area is 104 Å². The van der Waals surface area contributed by atoms with Crippen molar-refractivity contribution >= 4 is 12.0 Å². The molecular formula is C15H23NO. The van der Waals surface area contributed by atoms with Gasteiger partial charge in [0.15, 0.2) is 0 Å². The number of carbonyl (C=O) groups excluding carboxylic acids is 1. The van der Waals surface area contributed by atoms with E-state index >= 15 is 0 Å². The molecule has 17 heavy (non-hydrogen) atoms. The van der Waals surface area contributed by atoms with E-state index in [0.29, 0.717) is 0 Å². The summed E-state index contributed by atoms with van der Waals surface area (Å²) in [6, 6.07) is 8.07. The van der Waals surface area contributed by atoms with Gasteiger partial charge in [-0.05, 0) is 18.1 Å². The molecule has 2 nitrogen and oxygen atoms in total. The van der Waals surface area contributed by atoms with Crippen molar-refractivity contribution in [2.24, 2.45) is 0 Å². The largest absolute Gasteiger partial charge is 0.388 e. The highest BCUT2D eigenvalue weighted by atomic mass is 16.1. The third-order valence-electron chi connectivity index (χ3n) is 3.16. The highest BCUT2D eigenvalue weighted by Crippen LogP contribution is 2.27. The van der Waals surface area contributed by atoms with E-state index in [1.165, 1.54) is 19.3 Å². The van der Waals surface area contributed by atoms with E-state index < -0.39 is 0 Å². The highest BCUT2D eigenvalue weighted by Gasteiger charge is 2.13. The van der Waals surface area contributed by atoms with Crippen molar-refractivity contribution in [2.75, 3.05) is 12.4 Å². The van der Waals surface area contributed by atoms with Gasteiger partial charge in [0.05, 0.1) is 0 Å². The Balaban J connectivity index is 2.62. The number of rotatable bonds is 8. The number of para-hydroxylation sites is 1. The van der Waals surface area contributed by atoms with Crippen molar-refractivity contribution in [3.63, 3.8) is 0 Å². The van der Waals surface area contributed by atoms with Crippen molar-refractivity contribution in [3.05, 3.63) is 29.8 Å². The first-order valence-electron chi connectivity index (χ1n) is 6.55. The Kier molecular flexibility index (Phi) is 6.38. The fraction of sp³-hybridized carbons (Fsp3) is 0.533.